The maximum absolute atomic E-state index is 12.0. The first-order valence-corrected chi connectivity index (χ1v) is 8.12. The average Bonchev–Trinajstić information content (AvgIpc) is 2.47. The van der Waals surface area contributed by atoms with E-state index in [1.54, 1.807) is 0 Å². The summed E-state index contributed by atoms with van der Waals surface area (Å²) in [4.78, 5) is 12.0. The van der Waals surface area contributed by atoms with Crippen LogP contribution in [0.5, 0.6) is 0 Å². The van der Waals surface area contributed by atoms with Gasteiger partial charge >= 0.3 is 0 Å². The van der Waals surface area contributed by atoms with Crippen LogP contribution < -0.4 is 10.6 Å². The Morgan fingerprint density at radius 3 is 2.35 bits per heavy atom. The lowest BCUT2D eigenvalue weighted by Gasteiger charge is -2.19. The first-order valence-electron chi connectivity index (χ1n) is 7.74. The number of amides is 1. The fraction of sp³-hybridized carbons (Fsp3) is 0.316. The van der Waals surface area contributed by atoms with Crippen molar-refractivity contribution in [3.05, 3.63) is 59.1 Å². The average molecular weight is 331 g/mol. The van der Waals surface area contributed by atoms with Crippen LogP contribution in [0.2, 0.25) is 5.02 Å². The van der Waals surface area contributed by atoms with Gasteiger partial charge in [0.25, 0.3) is 0 Å². The third-order valence-electron chi connectivity index (χ3n) is 3.54. The zero-order chi connectivity index (χ0) is 16.9. The topological polar surface area (TPSA) is 41.1 Å². The number of hydrogen-bond acceptors (Lipinski definition) is 2. The van der Waals surface area contributed by atoms with Crippen LogP contribution in [0.3, 0.4) is 0 Å². The highest BCUT2D eigenvalue weighted by atomic mass is 35.5. The molecule has 23 heavy (non-hydrogen) atoms. The zero-order valence-electron chi connectivity index (χ0n) is 13.8. The van der Waals surface area contributed by atoms with Crippen LogP contribution in [-0.2, 0) is 10.2 Å². The molecule has 0 saturated heterocycles. The summed E-state index contributed by atoms with van der Waals surface area (Å²) in [7, 11) is 0. The fourth-order valence-corrected chi connectivity index (χ4v) is 2.39. The molecule has 0 aliphatic heterocycles. The number of carbonyl (C=O) groups is 1. The molecule has 122 valence electrons. The maximum Gasteiger partial charge on any atom is 0.226 e. The van der Waals surface area contributed by atoms with E-state index in [1.165, 1.54) is 5.56 Å². The molecule has 0 heterocycles. The second kappa shape index (κ2) is 7.51. The minimum absolute atomic E-state index is 0.0111. The summed E-state index contributed by atoms with van der Waals surface area (Å²) < 4.78 is 0. The summed E-state index contributed by atoms with van der Waals surface area (Å²) in [5, 5.41) is 6.78. The number of rotatable bonds is 5. The molecule has 0 atom stereocenters. The van der Waals surface area contributed by atoms with Crippen molar-refractivity contribution in [2.45, 2.75) is 32.6 Å². The lowest BCUT2D eigenvalue weighted by molar-refractivity contribution is -0.115. The van der Waals surface area contributed by atoms with Crippen LogP contribution in [0, 0.1) is 0 Å². The van der Waals surface area contributed by atoms with Gasteiger partial charge in [-0.2, -0.15) is 0 Å². The number of nitrogens with one attached hydrogen (secondary N) is 2. The predicted octanol–water partition coefficient (Wildman–Crippen LogP) is 5.08. The molecular weight excluding hydrogens is 308 g/mol. The van der Waals surface area contributed by atoms with Crippen LogP contribution >= 0.6 is 11.6 Å². The number of anilines is 2. The molecule has 0 spiro atoms. The van der Waals surface area contributed by atoms with E-state index in [1.807, 2.05) is 36.4 Å². The molecule has 2 N–H and O–H groups in total. The van der Waals surface area contributed by atoms with E-state index >= 15 is 0 Å². The monoisotopic (exact) mass is 330 g/mol. The maximum atomic E-state index is 12.0. The zero-order valence-corrected chi connectivity index (χ0v) is 14.6. The van der Waals surface area contributed by atoms with Crippen molar-refractivity contribution in [3.63, 3.8) is 0 Å². The smallest absolute Gasteiger partial charge is 0.226 e. The third kappa shape index (κ3) is 5.61. The van der Waals surface area contributed by atoms with Gasteiger partial charge in [0, 0.05) is 29.4 Å². The summed E-state index contributed by atoms with van der Waals surface area (Å²) in [6, 6.07) is 15.5. The molecule has 0 aromatic heterocycles. The summed E-state index contributed by atoms with van der Waals surface area (Å²) in [5.41, 5.74) is 3.10. The predicted molar refractivity (Wildman–Crippen MR) is 98.3 cm³/mol. The summed E-state index contributed by atoms with van der Waals surface area (Å²) in [5.74, 6) is -0.0111. The minimum atomic E-state index is -0.0111. The number of benzene rings is 2. The van der Waals surface area contributed by atoms with E-state index in [-0.39, 0.29) is 11.3 Å². The van der Waals surface area contributed by atoms with E-state index in [2.05, 4.69) is 43.5 Å². The van der Waals surface area contributed by atoms with Gasteiger partial charge in [-0.05, 0) is 41.3 Å². The Kier molecular flexibility index (Phi) is 5.67. The SMILES string of the molecule is CC(C)(C)c1ccc(NC(=O)CCNc2cccc(Cl)c2)cc1. The van der Waals surface area contributed by atoms with E-state index in [0.29, 0.717) is 18.0 Å². The first-order chi connectivity index (χ1) is 10.8. The van der Waals surface area contributed by atoms with Gasteiger partial charge < -0.3 is 10.6 Å². The van der Waals surface area contributed by atoms with Crippen molar-refractivity contribution in [1.82, 2.24) is 0 Å². The van der Waals surface area contributed by atoms with Gasteiger partial charge in [0.2, 0.25) is 5.91 Å². The van der Waals surface area contributed by atoms with Crippen molar-refractivity contribution in [3.8, 4) is 0 Å². The Labute approximate surface area is 143 Å². The molecule has 0 saturated carbocycles. The van der Waals surface area contributed by atoms with Crippen LogP contribution in [0.15, 0.2) is 48.5 Å². The Morgan fingerprint density at radius 1 is 1.04 bits per heavy atom. The quantitative estimate of drug-likeness (QED) is 0.802. The summed E-state index contributed by atoms with van der Waals surface area (Å²) >= 11 is 5.92. The lowest BCUT2D eigenvalue weighted by Crippen LogP contribution is -2.16. The fourth-order valence-electron chi connectivity index (χ4n) is 2.20. The van der Waals surface area contributed by atoms with Crippen molar-refractivity contribution in [2.75, 3.05) is 17.2 Å². The molecule has 4 heteroatoms. The number of hydrogen-bond donors (Lipinski definition) is 2. The molecule has 2 rings (SSSR count). The normalized spacial score (nSPS) is 11.1. The summed E-state index contributed by atoms with van der Waals surface area (Å²) in [6.45, 7) is 7.07. The molecule has 0 bridgehead atoms. The molecule has 0 radical (unpaired) electrons. The minimum Gasteiger partial charge on any atom is -0.384 e. The molecule has 0 fully saturated rings. The van der Waals surface area contributed by atoms with E-state index in [9.17, 15) is 4.79 Å². The van der Waals surface area contributed by atoms with Gasteiger partial charge in [-0.15, -0.1) is 0 Å². The van der Waals surface area contributed by atoms with Crippen LogP contribution in [0.25, 0.3) is 0 Å². The van der Waals surface area contributed by atoms with Gasteiger partial charge in [-0.1, -0.05) is 50.6 Å². The van der Waals surface area contributed by atoms with Gasteiger partial charge in [0.1, 0.15) is 0 Å². The van der Waals surface area contributed by atoms with Gasteiger partial charge in [0.05, 0.1) is 0 Å². The van der Waals surface area contributed by atoms with Crippen molar-refractivity contribution < 1.29 is 4.79 Å². The van der Waals surface area contributed by atoms with Crippen molar-refractivity contribution in [1.29, 1.82) is 0 Å². The van der Waals surface area contributed by atoms with Gasteiger partial charge in [-0.3, -0.25) is 4.79 Å². The highest BCUT2D eigenvalue weighted by Gasteiger charge is 2.13. The van der Waals surface area contributed by atoms with E-state index in [0.717, 1.165) is 11.4 Å². The molecular formula is C19H23ClN2O. The lowest BCUT2D eigenvalue weighted by atomic mass is 9.87. The Balaban J connectivity index is 1.80. The Hall–Kier alpha value is -2.00. The summed E-state index contributed by atoms with van der Waals surface area (Å²) in [6.07, 6.45) is 0.396. The molecule has 1 amide bonds. The highest BCUT2D eigenvalue weighted by molar-refractivity contribution is 6.30. The molecule has 0 unspecified atom stereocenters. The molecule has 0 aliphatic rings. The van der Waals surface area contributed by atoms with Gasteiger partial charge in [0.15, 0.2) is 0 Å². The molecule has 3 nitrogen and oxygen atoms in total. The van der Waals surface area contributed by atoms with Gasteiger partial charge in [-0.25, -0.2) is 0 Å². The Morgan fingerprint density at radius 2 is 1.74 bits per heavy atom. The van der Waals surface area contributed by atoms with E-state index in [4.69, 9.17) is 11.6 Å². The molecule has 2 aromatic carbocycles. The second-order valence-electron chi connectivity index (χ2n) is 6.56. The highest BCUT2D eigenvalue weighted by Crippen LogP contribution is 2.23. The third-order valence-corrected chi connectivity index (χ3v) is 3.78. The van der Waals surface area contributed by atoms with Crippen LogP contribution in [-0.4, -0.2) is 12.5 Å². The molecule has 2 aromatic rings. The van der Waals surface area contributed by atoms with Crippen molar-refractivity contribution in [2.24, 2.45) is 0 Å². The van der Waals surface area contributed by atoms with Crippen LogP contribution in [0.4, 0.5) is 11.4 Å². The van der Waals surface area contributed by atoms with E-state index < -0.39 is 0 Å². The van der Waals surface area contributed by atoms with Crippen LogP contribution in [0.1, 0.15) is 32.8 Å². The number of carbonyl (C=O) groups excluding carboxylic acids is 1. The molecule has 0 aliphatic carbocycles. The largest absolute Gasteiger partial charge is 0.384 e. The Bertz CT molecular complexity index is 660. The number of halogens is 1. The van der Waals surface area contributed by atoms with Crippen molar-refractivity contribution >= 4 is 28.9 Å². The first kappa shape index (κ1) is 17.4. The standard InChI is InChI=1S/C19H23ClN2O/c1-19(2,3)14-7-9-16(10-8-14)22-18(23)11-12-21-17-6-4-5-15(20)13-17/h4-10,13,21H,11-12H2,1-3H3,(H,22,23). The second-order valence-corrected chi connectivity index (χ2v) is 7.00.